The van der Waals surface area contributed by atoms with Crippen LogP contribution in [-0.2, 0) is 27.8 Å². The molecule has 0 aromatic heterocycles. The molecule has 2 N–H and O–H groups in total. The van der Waals surface area contributed by atoms with E-state index in [1.807, 2.05) is 13.0 Å². The van der Waals surface area contributed by atoms with Crippen LogP contribution in [0, 0.1) is 18.6 Å². The van der Waals surface area contributed by atoms with Crippen molar-refractivity contribution in [2.45, 2.75) is 24.8 Å². The van der Waals surface area contributed by atoms with Gasteiger partial charge in [0.2, 0.25) is 5.91 Å². The summed E-state index contributed by atoms with van der Waals surface area (Å²) >= 11 is 0. The van der Waals surface area contributed by atoms with Crippen LogP contribution in [-0.4, -0.2) is 14.3 Å². The summed E-state index contributed by atoms with van der Waals surface area (Å²) in [5.41, 5.74) is 5.56. The summed E-state index contributed by atoms with van der Waals surface area (Å²) in [7, 11) is -3.84. The summed E-state index contributed by atoms with van der Waals surface area (Å²) in [6.07, 6.45) is -0.155. The molecule has 0 saturated carbocycles. The molecule has 1 amide bonds. The molecule has 0 unspecified atom stereocenters. The minimum atomic E-state index is -3.84. The zero-order valence-electron chi connectivity index (χ0n) is 16.5. The largest absolute Gasteiger partial charge is 0.326 e. The molecule has 0 atom stereocenters. The fourth-order valence-corrected chi connectivity index (χ4v) is 4.82. The number of fused-ring (bicyclic) bond motifs is 1. The van der Waals surface area contributed by atoms with E-state index in [0.29, 0.717) is 23.5 Å². The van der Waals surface area contributed by atoms with Crippen molar-refractivity contribution >= 4 is 27.3 Å². The average Bonchev–Trinajstić information content (AvgIpc) is 3.15. The number of amides is 1. The van der Waals surface area contributed by atoms with Crippen LogP contribution >= 0.6 is 0 Å². The van der Waals surface area contributed by atoms with E-state index in [1.54, 1.807) is 30.3 Å². The maximum atomic E-state index is 13.4. The number of carbonyl (C=O) groups is 1. The van der Waals surface area contributed by atoms with E-state index >= 15 is 0 Å². The highest BCUT2D eigenvalue weighted by atomic mass is 32.2. The number of rotatable bonds is 5. The molecule has 1 aliphatic heterocycles. The average molecular weight is 443 g/mol. The Kier molecular flexibility index (Phi) is 5.47. The molecule has 0 bridgehead atoms. The first-order valence-electron chi connectivity index (χ1n) is 9.46. The molecule has 0 spiro atoms. The third-order valence-electron chi connectivity index (χ3n) is 4.88. The maximum absolute atomic E-state index is 13.4. The lowest BCUT2D eigenvalue weighted by Crippen LogP contribution is -2.38. The molecule has 1 heterocycles. The van der Waals surface area contributed by atoms with Crippen molar-refractivity contribution in [1.29, 1.82) is 0 Å². The van der Waals surface area contributed by atoms with Gasteiger partial charge in [0.05, 0.1) is 17.0 Å². The first-order valence-corrected chi connectivity index (χ1v) is 10.9. The monoisotopic (exact) mass is 443 g/mol. The molecule has 0 aliphatic carbocycles. The van der Waals surface area contributed by atoms with Gasteiger partial charge in [-0.3, -0.25) is 4.79 Å². The van der Waals surface area contributed by atoms with Crippen molar-refractivity contribution in [1.82, 2.24) is 5.43 Å². The van der Waals surface area contributed by atoms with Gasteiger partial charge < -0.3 is 5.32 Å². The van der Waals surface area contributed by atoms with Gasteiger partial charge in [0, 0.05) is 12.2 Å². The highest BCUT2D eigenvalue weighted by Gasteiger charge is 2.31. The first-order chi connectivity index (χ1) is 14.7. The molecule has 31 heavy (non-hydrogen) atoms. The van der Waals surface area contributed by atoms with Crippen molar-refractivity contribution in [2.75, 3.05) is 9.73 Å². The van der Waals surface area contributed by atoms with Crippen molar-refractivity contribution < 1.29 is 22.0 Å². The lowest BCUT2D eigenvalue weighted by Gasteiger charge is -2.20. The summed E-state index contributed by atoms with van der Waals surface area (Å²) in [6, 6.07) is 14.8. The SMILES string of the molecule is Cc1cccc(S(=O)(=O)N2NCc3ccc(NC(=O)Cc4ccc(F)c(F)c4)cc32)c1. The van der Waals surface area contributed by atoms with Crippen molar-refractivity contribution in [3.05, 3.63) is 89.0 Å². The van der Waals surface area contributed by atoms with Crippen LogP contribution < -0.4 is 15.2 Å². The number of anilines is 2. The molecule has 3 aromatic rings. The highest BCUT2D eigenvalue weighted by Crippen LogP contribution is 2.33. The molecule has 3 aromatic carbocycles. The lowest BCUT2D eigenvalue weighted by molar-refractivity contribution is -0.115. The van der Waals surface area contributed by atoms with Gasteiger partial charge in [-0.05, 0) is 60.0 Å². The van der Waals surface area contributed by atoms with Crippen molar-refractivity contribution in [3.8, 4) is 0 Å². The van der Waals surface area contributed by atoms with Crippen LogP contribution in [0.3, 0.4) is 0 Å². The predicted octanol–water partition coefficient (Wildman–Crippen LogP) is 3.67. The van der Waals surface area contributed by atoms with Gasteiger partial charge >= 0.3 is 0 Å². The number of nitrogens with one attached hydrogen (secondary N) is 2. The molecule has 4 rings (SSSR count). The van der Waals surface area contributed by atoms with Crippen LogP contribution in [0.4, 0.5) is 20.2 Å². The van der Waals surface area contributed by atoms with E-state index in [0.717, 1.165) is 27.7 Å². The summed E-state index contributed by atoms with van der Waals surface area (Å²) in [5, 5.41) is 2.67. The Morgan fingerprint density at radius 1 is 1.06 bits per heavy atom. The zero-order chi connectivity index (χ0) is 22.2. The fraction of sp³-hybridized carbons (Fsp3) is 0.136. The third-order valence-corrected chi connectivity index (χ3v) is 6.53. The number of benzene rings is 3. The Morgan fingerprint density at radius 2 is 1.87 bits per heavy atom. The van der Waals surface area contributed by atoms with Crippen molar-refractivity contribution in [3.63, 3.8) is 0 Å². The van der Waals surface area contributed by atoms with E-state index in [2.05, 4.69) is 10.7 Å². The van der Waals surface area contributed by atoms with E-state index < -0.39 is 27.6 Å². The summed E-state index contributed by atoms with van der Waals surface area (Å²) in [5.74, 6) is -2.44. The Hall–Kier alpha value is -3.30. The van der Waals surface area contributed by atoms with Gasteiger partial charge in [-0.25, -0.2) is 14.2 Å². The molecular formula is C22H19F2N3O3S. The van der Waals surface area contributed by atoms with Gasteiger partial charge in [-0.15, -0.1) is 0 Å². The van der Waals surface area contributed by atoms with E-state index in [4.69, 9.17) is 0 Å². The van der Waals surface area contributed by atoms with Crippen LogP contribution in [0.15, 0.2) is 65.6 Å². The molecule has 0 fully saturated rings. The molecule has 160 valence electrons. The van der Waals surface area contributed by atoms with Crippen LogP contribution in [0.1, 0.15) is 16.7 Å². The van der Waals surface area contributed by atoms with Crippen molar-refractivity contribution in [2.24, 2.45) is 0 Å². The number of hydrogen-bond acceptors (Lipinski definition) is 4. The third kappa shape index (κ3) is 4.28. The normalized spacial score (nSPS) is 13.2. The number of nitrogens with zero attached hydrogens (tertiary/aromatic N) is 1. The summed E-state index contributed by atoms with van der Waals surface area (Å²) in [6.45, 7) is 2.13. The second kappa shape index (κ2) is 8.09. The van der Waals surface area contributed by atoms with E-state index in [1.165, 1.54) is 12.1 Å². The maximum Gasteiger partial charge on any atom is 0.277 e. The van der Waals surface area contributed by atoms with E-state index in [9.17, 15) is 22.0 Å². The molecule has 0 radical (unpaired) electrons. The number of aryl methyl sites for hydroxylation is 1. The number of carbonyl (C=O) groups excluding carboxylic acids is 1. The van der Waals surface area contributed by atoms with Crippen LogP contribution in [0.2, 0.25) is 0 Å². The lowest BCUT2D eigenvalue weighted by atomic mass is 10.1. The smallest absolute Gasteiger partial charge is 0.277 e. The highest BCUT2D eigenvalue weighted by molar-refractivity contribution is 7.92. The Labute approximate surface area is 178 Å². The minimum Gasteiger partial charge on any atom is -0.326 e. The fourth-order valence-electron chi connectivity index (χ4n) is 3.36. The quantitative estimate of drug-likeness (QED) is 0.631. The number of sulfonamides is 1. The van der Waals surface area contributed by atoms with Gasteiger partial charge in [-0.1, -0.05) is 24.3 Å². The molecule has 9 heteroatoms. The zero-order valence-corrected chi connectivity index (χ0v) is 17.3. The van der Waals surface area contributed by atoms with Gasteiger partial charge in [0.15, 0.2) is 11.6 Å². The Bertz CT molecular complexity index is 1280. The second-order valence-corrected chi connectivity index (χ2v) is 9.02. The molecule has 1 aliphatic rings. The van der Waals surface area contributed by atoms with Crippen LogP contribution in [0.5, 0.6) is 0 Å². The molecular weight excluding hydrogens is 424 g/mol. The number of hydrogen-bond donors (Lipinski definition) is 2. The number of halogens is 2. The molecule has 0 saturated heterocycles. The van der Waals surface area contributed by atoms with Crippen LogP contribution in [0.25, 0.3) is 0 Å². The van der Waals surface area contributed by atoms with Gasteiger partial charge in [0.25, 0.3) is 10.0 Å². The minimum absolute atomic E-state index is 0.153. The summed E-state index contributed by atoms with van der Waals surface area (Å²) < 4.78 is 53.7. The molecule has 6 nitrogen and oxygen atoms in total. The Balaban J connectivity index is 1.55. The number of hydrazine groups is 1. The predicted molar refractivity (Wildman–Crippen MR) is 113 cm³/mol. The summed E-state index contributed by atoms with van der Waals surface area (Å²) in [4.78, 5) is 12.5. The Morgan fingerprint density at radius 3 is 2.61 bits per heavy atom. The second-order valence-electron chi connectivity index (χ2n) is 7.24. The van der Waals surface area contributed by atoms with Gasteiger partial charge in [0.1, 0.15) is 0 Å². The van der Waals surface area contributed by atoms with Gasteiger partial charge in [-0.2, -0.15) is 12.8 Å². The van der Waals surface area contributed by atoms with E-state index in [-0.39, 0.29) is 11.3 Å². The first kappa shape index (κ1) is 21.0. The topological polar surface area (TPSA) is 78.5 Å². The standard InChI is InChI=1S/C22H19F2N3O3S/c1-14-3-2-4-18(9-14)31(29,30)27-21-12-17(7-6-16(21)13-25-27)26-22(28)11-15-5-8-19(23)20(24)10-15/h2-10,12,25H,11,13H2,1H3,(H,26,28).